The highest BCUT2D eigenvalue weighted by molar-refractivity contribution is 5.74. The third-order valence-electron chi connectivity index (χ3n) is 1.27. The van der Waals surface area contributed by atoms with Gasteiger partial charge >= 0.3 is 6.18 Å². The molecule has 0 saturated carbocycles. The largest absolute Gasteiger partial charge is 0.436 e. The van der Waals surface area contributed by atoms with E-state index in [0.29, 0.717) is 12.3 Å². The second kappa shape index (κ2) is 3.12. The summed E-state index contributed by atoms with van der Waals surface area (Å²) in [6.45, 7) is 0. The Morgan fingerprint density at radius 3 is 2.38 bits per heavy atom. The third kappa shape index (κ3) is 2.01. The predicted molar refractivity (Wildman–Crippen MR) is 34.6 cm³/mol. The number of pyridine rings is 1. The van der Waals surface area contributed by atoms with Crippen molar-refractivity contribution in [3.63, 3.8) is 0 Å². The Kier molecular flexibility index (Phi) is 2.31. The molecule has 70 valence electrons. The summed E-state index contributed by atoms with van der Waals surface area (Å²) in [6, 6.07) is 0.489. The van der Waals surface area contributed by atoms with Crippen LogP contribution in [0.3, 0.4) is 0 Å². The van der Waals surface area contributed by atoms with Crippen LogP contribution in [0.1, 0.15) is 16.1 Å². The van der Waals surface area contributed by atoms with Crippen molar-refractivity contribution in [3.05, 3.63) is 29.3 Å². The molecule has 0 amide bonds. The molecular formula is C7H3F4NO. The van der Waals surface area contributed by atoms with Crippen LogP contribution in [-0.4, -0.2) is 11.3 Å². The quantitative estimate of drug-likeness (QED) is 0.504. The van der Waals surface area contributed by atoms with Gasteiger partial charge in [-0.1, -0.05) is 0 Å². The van der Waals surface area contributed by atoms with Crippen LogP contribution in [0.5, 0.6) is 0 Å². The topological polar surface area (TPSA) is 30.0 Å². The van der Waals surface area contributed by atoms with Crippen LogP contribution in [0, 0.1) is 5.82 Å². The molecule has 13 heavy (non-hydrogen) atoms. The average Bonchev–Trinajstić information content (AvgIpc) is 2.01. The summed E-state index contributed by atoms with van der Waals surface area (Å²) in [5.74, 6) is -1.54. The van der Waals surface area contributed by atoms with Gasteiger partial charge in [0.1, 0.15) is 0 Å². The van der Waals surface area contributed by atoms with Crippen molar-refractivity contribution in [2.24, 2.45) is 0 Å². The number of rotatable bonds is 1. The first-order chi connectivity index (χ1) is 5.95. The number of aldehydes is 1. The molecule has 0 radical (unpaired) electrons. The summed E-state index contributed by atoms with van der Waals surface area (Å²) >= 11 is 0. The molecule has 0 aliphatic heterocycles. The lowest BCUT2D eigenvalue weighted by Gasteiger charge is -2.05. The Bertz CT molecular complexity index is 334. The molecule has 1 aromatic rings. The first-order valence-corrected chi connectivity index (χ1v) is 3.13. The molecule has 0 aromatic carbocycles. The van der Waals surface area contributed by atoms with Gasteiger partial charge in [-0.05, 0) is 6.07 Å². The third-order valence-corrected chi connectivity index (χ3v) is 1.27. The standard InChI is InChI=1S/C7H3F4NO/c8-5-1-4(3-13)2-12-6(5)7(9,10)11/h1-3H. The van der Waals surface area contributed by atoms with E-state index in [1.807, 2.05) is 0 Å². The smallest absolute Gasteiger partial charge is 0.298 e. The molecule has 0 unspecified atom stereocenters. The van der Waals surface area contributed by atoms with Crippen LogP contribution in [0.4, 0.5) is 17.6 Å². The summed E-state index contributed by atoms with van der Waals surface area (Å²) in [4.78, 5) is 12.8. The lowest BCUT2D eigenvalue weighted by atomic mass is 10.2. The van der Waals surface area contributed by atoms with E-state index in [1.165, 1.54) is 0 Å². The summed E-state index contributed by atoms with van der Waals surface area (Å²) in [6.07, 6.45) is -3.94. The van der Waals surface area contributed by atoms with Gasteiger partial charge in [0.05, 0.1) is 0 Å². The van der Waals surface area contributed by atoms with Gasteiger partial charge in [-0.2, -0.15) is 13.2 Å². The van der Waals surface area contributed by atoms with Crippen LogP contribution >= 0.6 is 0 Å². The Hall–Kier alpha value is -1.46. The van der Waals surface area contributed by atoms with E-state index in [9.17, 15) is 22.4 Å². The van der Waals surface area contributed by atoms with Crippen molar-refractivity contribution in [1.29, 1.82) is 0 Å². The fraction of sp³-hybridized carbons (Fsp3) is 0.143. The van der Waals surface area contributed by atoms with Crippen LogP contribution in [0.25, 0.3) is 0 Å². The molecule has 2 nitrogen and oxygen atoms in total. The molecule has 0 aliphatic carbocycles. The highest BCUT2D eigenvalue weighted by Crippen LogP contribution is 2.29. The van der Waals surface area contributed by atoms with Crippen molar-refractivity contribution < 1.29 is 22.4 Å². The van der Waals surface area contributed by atoms with Crippen molar-refractivity contribution in [1.82, 2.24) is 4.98 Å². The molecule has 0 bridgehead atoms. The van der Waals surface area contributed by atoms with Crippen molar-refractivity contribution in [3.8, 4) is 0 Å². The number of carbonyl (C=O) groups excluding carboxylic acids is 1. The normalized spacial score (nSPS) is 11.4. The number of aromatic nitrogens is 1. The van der Waals surface area contributed by atoms with Crippen LogP contribution in [0.15, 0.2) is 12.3 Å². The zero-order valence-corrected chi connectivity index (χ0v) is 6.10. The van der Waals surface area contributed by atoms with E-state index in [1.54, 1.807) is 0 Å². The average molecular weight is 193 g/mol. The Morgan fingerprint density at radius 1 is 1.38 bits per heavy atom. The maximum absolute atomic E-state index is 12.6. The Labute approximate surface area is 70.2 Å². The summed E-state index contributed by atoms with van der Waals surface area (Å²) in [7, 11) is 0. The van der Waals surface area contributed by atoms with E-state index in [0.717, 1.165) is 0 Å². The van der Waals surface area contributed by atoms with Gasteiger partial charge in [-0.3, -0.25) is 4.79 Å². The van der Waals surface area contributed by atoms with Gasteiger partial charge < -0.3 is 0 Å². The molecule has 0 N–H and O–H groups in total. The number of halogens is 4. The summed E-state index contributed by atoms with van der Waals surface area (Å²) < 4.78 is 48.3. The molecule has 1 heterocycles. The van der Waals surface area contributed by atoms with E-state index in [-0.39, 0.29) is 11.8 Å². The maximum atomic E-state index is 12.6. The molecule has 1 aromatic heterocycles. The van der Waals surface area contributed by atoms with E-state index >= 15 is 0 Å². The lowest BCUT2D eigenvalue weighted by molar-refractivity contribution is -0.143. The summed E-state index contributed by atoms with van der Waals surface area (Å²) in [5.41, 5.74) is -1.84. The molecule has 1 rings (SSSR count). The minimum atomic E-state index is -4.83. The van der Waals surface area contributed by atoms with Gasteiger partial charge in [0, 0.05) is 11.8 Å². The van der Waals surface area contributed by atoms with Gasteiger partial charge in [0.25, 0.3) is 0 Å². The predicted octanol–water partition coefficient (Wildman–Crippen LogP) is 2.05. The van der Waals surface area contributed by atoms with Gasteiger partial charge in [-0.25, -0.2) is 9.37 Å². The van der Waals surface area contributed by atoms with Crippen LogP contribution in [-0.2, 0) is 6.18 Å². The zero-order chi connectivity index (χ0) is 10.1. The Morgan fingerprint density at radius 2 is 2.00 bits per heavy atom. The first-order valence-electron chi connectivity index (χ1n) is 3.13. The van der Waals surface area contributed by atoms with Crippen LogP contribution < -0.4 is 0 Å². The molecule has 0 spiro atoms. The fourth-order valence-electron chi connectivity index (χ4n) is 0.726. The highest BCUT2D eigenvalue weighted by atomic mass is 19.4. The second-order valence-electron chi connectivity index (χ2n) is 2.21. The van der Waals surface area contributed by atoms with E-state index in [2.05, 4.69) is 4.98 Å². The van der Waals surface area contributed by atoms with E-state index in [4.69, 9.17) is 0 Å². The maximum Gasteiger partial charge on any atom is 0.436 e. The molecule has 0 fully saturated rings. The van der Waals surface area contributed by atoms with Gasteiger partial charge in [0.2, 0.25) is 0 Å². The van der Waals surface area contributed by atoms with E-state index < -0.39 is 17.7 Å². The first kappa shape index (κ1) is 9.63. The molecular weight excluding hydrogens is 190 g/mol. The van der Waals surface area contributed by atoms with Crippen molar-refractivity contribution in [2.45, 2.75) is 6.18 Å². The van der Waals surface area contributed by atoms with Gasteiger partial charge in [-0.15, -0.1) is 0 Å². The number of nitrogens with zero attached hydrogens (tertiary/aromatic N) is 1. The molecule has 0 atom stereocenters. The summed E-state index contributed by atoms with van der Waals surface area (Å²) in [5, 5.41) is 0. The minimum absolute atomic E-state index is 0.218. The fourth-order valence-corrected chi connectivity index (χ4v) is 0.726. The number of hydrogen-bond acceptors (Lipinski definition) is 2. The second-order valence-corrected chi connectivity index (χ2v) is 2.21. The van der Waals surface area contributed by atoms with Crippen molar-refractivity contribution >= 4 is 6.29 Å². The number of alkyl halides is 3. The lowest BCUT2D eigenvalue weighted by Crippen LogP contribution is -2.11. The molecule has 0 saturated heterocycles. The van der Waals surface area contributed by atoms with Gasteiger partial charge in [0.15, 0.2) is 17.8 Å². The molecule has 6 heteroatoms. The highest BCUT2D eigenvalue weighted by Gasteiger charge is 2.35. The van der Waals surface area contributed by atoms with Crippen LogP contribution in [0.2, 0.25) is 0 Å². The molecule has 0 aliphatic rings. The SMILES string of the molecule is O=Cc1cnc(C(F)(F)F)c(F)c1. The minimum Gasteiger partial charge on any atom is -0.298 e. The monoisotopic (exact) mass is 193 g/mol. The number of carbonyl (C=O) groups is 1. The Balaban J connectivity index is 3.20. The van der Waals surface area contributed by atoms with Crippen molar-refractivity contribution in [2.75, 3.05) is 0 Å². The zero-order valence-electron chi connectivity index (χ0n) is 6.10. The number of hydrogen-bond donors (Lipinski definition) is 0.